The Kier molecular flexibility index (Phi) is 2.89. The zero-order valence-corrected chi connectivity index (χ0v) is 10.2. The van der Waals surface area contributed by atoms with Gasteiger partial charge in [0.05, 0.1) is 17.6 Å². The van der Waals surface area contributed by atoms with Crippen LogP contribution in [0.5, 0.6) is 0 Å². The maximum absolute atomic E-state index is 12.1. The Morgan fingerprint density at radius 1 is 1.00 bits per heavy atom. The normalized spacial score (nSPS) is 10.8. The summed E-state index contributed by atoms with van der Waals surface area (Å²) in [5, 5.41) is 9.60. The molecule has 3 nitrogen and oxygen atoms in total. The number of benzene rings is 2. The molecule has 1 heterocycles. The second kappa shape index (κ2) is 4.71. The molecule has 3 rings (SSSR count). The summed E-state index contributed by atoms with van der Waals surface area (Å²) in [5.41, 5.74) is 2.52. The van der Waals surface area contributed by atoms with Gasteiger partial charge in [-0.05, 0) is 11.6 Å². The van der Waals surface area contributed by atoms with E-state index < -0.39 is 0 Å². The average Bonchev–Trinajstić information content (AvgIpc) is 2.48. The minimum atomic E-state index is -0.312. The van der Waals surface area contributed by atoms with Crippen LogP contribution < -0.4 is 5.43 Å². The van der Waals surface area contributed by atoms with Crippen molar-refractivity contribution in [3.05, 3.63) is 70.6 Å². The van der Waals surface area contributed by atoms with Gasteiger partial charge in [-0.25, -0.2) is 0 Å². The third kappa shape index (κ3) is 1.94. The number of aliphatic hydroxyl groups is 1. The largest absolute Gasteiger partial charge is 0.463 e. The Balaban J connectivity index is 2.34. The SMILES string of the molecule is O=c1c(CO)coc2c(-c3ccccc3)cccc12. The maximum Gasteiger partial charge on any atom is 0.198 e. The molecule has 0 spiro atoms. The Labute approximate surface area is 109 Å². The van der Waals surface area contributed by atoms with Gasteiger partial charge in [0.2, 0.25) is 0 Å². The summed E-state index contributed by atoms with van der Waals surface area (Å²) in [7, 11) is 0. The van der Waals surface area contributed by atoms with E-state index in [1.165, 1.54) is 6.26 Å². The average molecular weight is 252 g/mol. The fourth-order valence-electron chi connectivity index (χ4n) is 2.15. The van der Waals surface area contributed by atoms with Crippen LogP contribution in [0, 0.1) is 0 Å². The molecule has 0 amide bonds. The standard InChI is InChI=1S/C16H12O3/c17-9-12-10-19-16-13(11-5-2-1-3-6-11)7-4-8-14(16)15(12)18/h1-8,10,17H,9H2. The lowest BCUT2D eigenvalue weighted by Crippen LogP contribution is -2.08. The highest BCUT2D eigenvalue weighted by Gasteiger charge is 2.10. The Bertz CT molecular complexity index is 773. The Hall–Kier alpha value is -2.39. The predicted molar refractivity (Wildman–Crippen MR) is 73.8 cm³/mol. The number of rotatable bonds is 2. The molecule has 0 saturated carbocycles. The Morgan fingerprint density at radius 3 is 2.53 bits per heavy atom. The van der Waals surface area contributed by atoms with E-state index in [1.54, 1.807) is 6.07 Å². The van der Waals surface area contributed by atoms with Gasteiger partial charge in [-0.15, -0.1) is 0 Å². The lowest BCUT2D eigenvalue weighted by atomic mass is 10.0. The number of hydrogen-bond donors (Lipinski definition) is 1. The van der Waals surface area contributed by atoms with E-state index in [2.05, 4.69) is 0 Å². The first-order chi connectivity index (χ1) is 9.31. The van der Waals surface area contributed by atoms with Crippen LogP contribution in [-0.4, -0.2) is 5.11 Å². The van der Waals surface area contributed by atoms with Crippen LogP contribution in [0.1, 0.15) is 5.56 Å². The highest BCUT2D eigenvalue weighted by Crippen LogP contribution is 2.27. The zero-order chi connectivity index (χ0) is 13.2. The molecule has 3 heteroatoms. The van der Waals surface area contributed by atoms with Crippen molar-refractivity contribution in [2.45, 2.75) is 6.61 Å². The van der Waals surface area contributed by atoms with Crippen molar-refractivity contribution in [2.24, 2.45) is 0 Å². The van der Waals surface area contributed by atoms with Gasteiger partial charge in [-0.3, -0.25) is 4.79 Å². The van der Waals surface area contributed by atoms with Gasteiger partial charge in [0.15, 0.2) is 5.43 Å². The molecule has 0 fully saturated rings. The molecule has 0 saturated heterocycles. The molecule has 1 aromatic heterocycles. The van der Waals surface area contributed by atoms with Crippen LogP contribution in [0.4, 0.5) is 0 Å². The summed E-state index contributed by atoms with van der Waals surface area (Å²) in [6.45, 7) is -0.312. The molecule has 2 aromatic carbocycles. The maximum atomic E-state index is 12.1. The number of aliphatic hydroxyl groups excluding tert-OH is 1. The Morgan fingerprint density at radius 2 is 1.79 bits per heavy atom. The van der Waals surface area contributed by atoms with Crippen molar-refractivity contribution in [1.82, 2.24) is 0 Å². The van der Waals surface area contributed by atoms with Gasteiger partial charge in [0.1, 0.15) is 11.8 Å². The van der Waals surface area contributed by atoms with E-state index in [0.717, 1.165) is 11.1 Å². The first-order valence-electron chi connectivity index (χ1n) is 6.01. The lowest BCUT2D eigenvalue weighted by Gasteiger charge is -2.06. The van der Waals surface area contributed by atoms with Crippen LogP contribution in [0.2, 0.25) is 0 Å². The zero-order valence-electron chi connectivity index (χ0n) is 10.2. The minimum absolute atomic E-state index is 0.179. The van der Waals surface area contributed by atoms with Crippen molar-refractivity contribution in [1.29, 1.82) is 0 Å². The molecular weight excluding hydrogens is 240 g/mol. The molecule has 1 N–H and O–H groups in total. The first kappa shape index (κ1) is 11.7. The second-order valence-corrected chi connectivity index (χ2v) is 4.30. The number of fused-ring (bicyclic) bond motifs is 1. The van der Waals surface area contributed by atoms with Crippen LogP contribution in [0.15, 0.2) is 64.0 Å². The van der Waals surface area contributed by atoms with Gasteiger partial charge in [-0.2, -0.15) is 0 Å². The second-order valence-electron chi connectivity index (χ2n) is 4.30. The topological polar surface area (TPSA) is 50.4 Å². The molecule has 0 bridgehead atoms. The molecule has 0 aliphatic carbocycles. The van der Waals surface area contributed by atoms with Crippen molar-refractivity contribution in [3.63, 3.8) is 0 Å². The van der Waals surface area contributed by atoms with Crippen molar-refractivity contribution in [3.8, 4) is 11.1 Å². The molecule has 0 unspecified atom stereocenters. The van der Waals surface area contributed by atoms with Gasteiger partial charge in [0, 0.05) is 5.56 Å². The lowest BCUT2D eigenvalue weighted by molar-refractivity contribution is 0.277. The smallest absolute Gasteiger partial charge is 0.198 e. The van der Waals surface area contributed by atoms with Gasteiger partial charge < -0.3 is 9.52 Å². The summed E-state index contributed by atoms with van der Waals surface area (Å²) < 4.78 is 5.54. The molecule has 3 aromatic rings. The molecule has 0 aliphatic heterocycles. The highest BCUT2D eigenvalue weighted by atomic mass is 16.3. The first-order valence-corrected chi connectivity index (χ1v) is 6.01. The van der Waals surface area contributed by atoms with Crippen LogP contribution in [-0.2, 0) is 6.61 Å². The minimum Gasteiger partial charge on any atom is -0.463 e. The third-order valence-corrected chi connectivity index (χ3v) is 3.13. The molecule has 94 valence electrons. The van der Waals surface area contributed by atoms with E-state index >= 15 is 0 Å². The predicted octanol–water partition coefficient (Wildman–Crippen LogP) is 2.95. The van der Waals surface area contributed by atoms with E-state index in [1.807, 2.05) is 42.5 Å². The van der Waals surface area contributed by atoms with Crippen molar-refractivity contribution in [2.75, 3.05) is 0 Å². The fourth-order valence-corrected chi connectivity index (χ4v) is 2.15. The van der Waals surface area contributed by atoms with E-state index in [9.17, 15) is 4.79 Å². The monoisotopic (exact) mass is 252 g/mol. The summed E-state index contributed by atoms with van der Waals surface area (Å²) in [4.78, 5) is 12.1. The van der Waals surface area contributed by atoms with Crippen molar-refractivity contribution >= 4 is 11.0 Å². The molecule has 19 heavy (non-hydrogen) atoms. The van der Waals surface area contributed by atoms with Crippen LogP contribution in [0.3, 0.4) is 0 Å². The summed E-state index contributed by atoms with van der Waals surface area (Å²) in [6, 6.07) is 15.2. The quantitative estimate of drug-likeness (QED) is 0.762. The fraction of sp³-hybridized carbons (Fsp3) is 0.0625. The molecule has 0 radical (unpaired) electrons. The summed E-state index contributed by atoms with van der Waals surface area (Å²) in [6.07, 6.45) is 1.33. The van der Waals surface area contributed by atoms with Gasteiger partial charge in [0.25, 0.3) is 0 Å². The van der Waals surface area contributed by atoms with E-state index in [-0.39, 0.29) is 17.6 Å². The van der Waals surface area contributed by atoms with Crippen LogP contribution in [0.25, 0.3) is 22.1 Å². The highest BCUT2D eigenvalue weighted by molar-refractivity contribution is 5.92. The number of para-hydroxylation sites is 1. The third-order valence-electron chi connectivity index (χ3n) is 3.13. The van der Waals surface area contributed by atoms with Crippen LogP contribution >= 0.6 is 0 Å². The molecule has 0 atom stereocenters. The summed E-state index contributed by atoms with van der Waals surface area (Å²) >= 11 is 0. The number of hydrogen-bond acceptors (Lipinski definition) is 3. The van der Waals surface area contributed by atoms with E-state index in [4.69, 9.17) is 9.52 Å². The summed E-state index contributed by atoms with van der Waals surface area (Å²) in [5.74, 6) is 0. The van der Waals surface area contributed by atoms with Crippen molar-refractivity contribution < 1.29 is 9.52 Å². The molecule has 0 aliphatic rings. The van der Waals surface area contributed by atoms with Gasteiger partial charge in [-0.1, -0.05) is 42.5 Å². The molecular formula is C16H12O3. The van der Waals surface area contributed by atoms with Gasteiger partial charge >= 0.3 is 0 Å². The van der Waals surface area contributed by atoms with E-state index in [0.29, 0.717) is 11.0 Å².